The van der Waals surface area contributed by atoms with Crippen molar-refractivity contribution in [1.82, 2.24) is 15.1 Å². The number of carbonyl (C=O) groups is 2. The summed E-state index contributed by atoms with van der Waals surface area (Å²) in [6.07, 6.45) is 6.87. The van der Waals surface area contributed by atoms with Gasteiger partial charge >= 0.3 is 0 Å². The highest BCUT2D eigenvalue weighted by Gasteiger charge is 2.51. The summed E-state index contributed by atoms with van der Waals surface area (Å²) in [5, 5.41) is 6.44. The Bertz CT molecular complexity index is 516. The second-order valence-corrected chi connectivity index (χ2v) is 5.61. The van der Waals surface area contributed by atoms with Crippen LogP contribution in [0, 0.1) is 5.41 Å². The average molecular weight is 262 g/mol. The van der Waals surface area contributed by atoms with Crippen molar-refractivity contribution in [3.8, 4) is 0 Å². The van der Waals surface area contributed by atoms with Crippen LogP contribution in [-0.2, 0) is 16.1 Å². The van der Waals surface area contributed by atoms with E-state index in [2.05, 4.69) is 10.2 Å². The molecule has 6 heteroatoms. The van der Waals surface area contributed by atoms with E-state index in [9.17, 15) is 9.59 Å². The number of hydrogen-bond donors (Lipinski definition) is 2. The van der Waals surface area contributed by atoms with Crippen LogP contribution in [0.5, 0.6) is 0 Å². The molecule has 2 fully saturated rings. The van der Waals surface area contributed by atoms with Gasteiger partial charge in [-0.1, -0.05) is 19.3 Å². The first-order chi connectivity index (χ1) is 9.12. The van der Waals surface area contributed by atoms with Gasteiger partial charge in [-0.25, -0.2) is 0 Å². The first-order valence-electron chi connectivity index (χ1n) is 6.75. The van der Waals surface area contributed by atoms with Gasteiger partial charge in [0, 0.05) is 12.0 Å². The van der Waals surface area contributed by atoms with Gasteiger partial charge in [0.05, 0.1) is 18.2 Å². The molecule has 1 spiro atoms. The van der Waals surface area contributed by atoms with Gasteiger partial charge in [-0.3, -0.25) is 19.6 Å². The number of imide groups is 1. The molecule has 0 radical (unpaired) electrons. The fourth-order valence-electron chi connectivity index (χ4n) is 3.26. The Kier molecular flexibility index (Phi) is 2.80. The molecule has 3 rings (SSSR count). The number of nitrogen functional groups attached to an aromatic ring is 1. The summed E-state index contributed by atoms with van der Waals surface area (Å²) in [6, 6.07) is 0. The van der Waals surface area contributed by atoms with E-state index < -0.39 is 5.41 Å². The number of aromatic amines is 1. The molecule has 6 nitrogen and oxygen atoms in total. The lowest BCUT2D eigenvalue weighted by Gasteiger charge is -2.30. The van der Waals surface area contributed by atoms with E-state index in [0.29, 0.717) is 17.8 Å². The molecule has 0 atom stereocenters. The van der Waals surface area contributed by atoms with Gasteiger partial charge in [-0.2, -0.15) is 5.10 Å². The van der Waals surface area contributed by atoms with E-state index in [4.69, 9.17) is 5.73 Å². The molecular formula is C13H18N4O2. The number of amides is 2. The number of anilines is 1. The van der Waals surface area contributed by atoms with Crippen molar-refractivity contribution < 1.29 is 9.59 Å². The minimum atomic E-state index is -0.423. The van der Waals surface area contributed by atoms with Gasteiger partial charge < -0.3 is 5.73 Å². The maximum Gasteiger partial charge on any atom is 0.236 e. The smallest absolute Gasteiger partial charge is 0.236 e. The van der Waals surface area contributed by atoms with E-state index in [1.54, 1.807) is 6.20 Å². The Morgan fingerprint density at radius 1 is 1.32 bits per heavy atom. The number of H-pyrrole nitrogens is 1. The largest absolute Gasteiger partial charge is 0.384 e. The zero-order valence-electron chi connectivity index (χ0n) is 10.8. The fraction of sp³-hybridized carbons (Fsp3) is 0.615. The SMILES string of the molecule is Nc1[nH]ncc1CN1C(=O)CC2(CCCCC2)C1=O. The average Bonchev–Trinajstić information content (AvgIpc) is 2.89. The van der Waals surface area contributed by atoms with E-state index in [1.807, 2.05) is 0 Å². The van der Waals surface area contributed by atoms with Gasteiger partial charge in [-0.15, -0.1) is 0 Å². The topological polar surface area (TPSA) is 92.1 Å². The van der Waals surface area contributed by atoms with Gasteiger partial charge in [-0.05, 0) is 12.8 Å². The normalized spacial score (nSPS) is 22.4. The molecule has 0 aromatic carbocycles. The monoisotopic (exact) mass is 262 g/mol. The highest BCUT2D eigenvalue weighted by atomic mass is 16.2. The molecule has 3 N–H and O–H groups in total. The Balaban J connectivity index is 1.81. The quantitative estimate of drug-likeness (QED) is 0.783. The van der Waals surface area contributed by atoms with E-state index >= 15 is 0 Å². The molecule has 2 heterocycles. The number of likely N-dealkylation sites (tertiary alicyclic amines) is 1. The van der Waals surface area contributed by atoms with Gasteiger partial charge in [0.15, 0.2) is 0 Å². The van der Waals surface area contributed by atoms with Crippen molar-refractivity contribution in [2.75, 3.05) is 5.73 Å². The van der Waals surface area contributed by atoms with Crippen LogP contribution in [0.2, 0.25) is 0 Å². The lowest BCUT2D eigenvalue weighted by molar-refractivity contribution is -0.142. The van der Waals surface area contributed by atoms with Crippen molar-refractivity contribution in [2.24, 2.45) is 5.41 Å². The van der Waals surface area contributed by atoms with Crippen molar-refractivity contribution in [2.45, 2.75) is 45.1 Å². The molecule has 1 saturated carbocycles. The molecular weight excluding hydrogens is 244 g/mol. The first kappa shape index (κ1) is 12.2. The molecule has 1 aromatic rings. The number of nitrogens with two attached hydrogens (primary N) is 1. The highest BCUT2D eigenvalue weighted by Crippen LogP contribution is 2.45. The number of aromatic nitrogens is 2. The number of carbonyl (C=O) groups excluding carboxylic acids is 2. The van der Waals surface area contributed by atoms with E-state index in [1.165, 1.54) is 4.90 Å². The molecule has 0 unspecified atom stereocenters. The Hall–Kier alpha value is -1.85. The van der Waals surface area contributed by atoms with Gasteiger partial charge in [0.1, 0.15) is 5.82 Å². The van der Waals surface area contributed by atoms with Crippen molar-refractivity contribution in [3.05, 3.63) is 11.8 Å². The summed E-state index contributed by atoms with van der Waals surface area (Å²) < 4.78 is 0. The van der Waals surface area contributed by atoms with E-state index in [0.717, 1.165) is 32.1 Å². The third kappa shape index (κ3) is 1.91. The fourth-order valence-corrected chi connectivity index (χ4v) is 3.26. The van der Waals surface area contributed by atoms with Crippen LogP contribution in [0.25, 0.3) is 0 Å². The summed E-state index contributed by atoms with van der Waals surface area (Å²) in [5.41, 5.74) is 5.99. The molecule has 102 valence electrons. The number of rotatable bonds is 2. The number of nitrogens with one attached hydrogen (secondary N) is 1. The number of hydrogen-bond acceptors (Lipinski definition) is 4. The Morgan fingerprint density at radius 2 is 2.05 bits per heavy atom. The van der Waals surface area contributed by atoms with Crippen LogP contribution in [-0.4, -0.2) is 26.9 Å². The van der Waals surface area contributed by atoms with Crippen molar-refractivity contribution in [1.29, 1.82) is 0 Å². The van der Waals surface area contributed by atoms with Crippen LogP contribution < -0.4 is 5.73 Å². The summed E-state index contributed by atoms with van der Waals surface area (Å²) in [5.74, 6) is 0.329. The lowest BCUT2D eigenvalue weighted by Crippen LogP contribution is -2.36. The lowest BCUT2D eigenvalue weighted by atomic mass is 9.73. The van der Waals surface area contributed by atoms with Crippen LogP contribution in [0.15, 0.2) is 6.20 Å². The molecule has 19 heavy (non-hydrogen) atoms. The maximum atomic E-state index is 12.6. The first-order valence-corrected chi connectivity index (χ1v) is 6.75. The number of nitrogens with zero attached hydrogens (tertiary/aromatic N) is 2. The summed E-state index contributed by atoms with van der Waals surface area (Å²) in [4.78, 5) is 26.0. The van der Waals surface area contributed by atoms with Crippen LogP contribution in [0.4, 0.5) is 5.82 Å². The van der Waals surface area contributed by atoms with E-state index in [-0.39, 0.29) is 18.4 Å². The van der Waals surface area contributed by atoms with Gasteiger partial charge in [0.25, 0.3) is 0 Å². The third-order valence-corrected chi connectivity index (χ3v) is 4.38. The maximum absolute atomic E-state index is 12.6. The van der Waals surface area contributed by atoms with Crippen molar-refractivity contribution in [3.63, 3.8) is 0 Å². The predicted molar refractivity (Wildman–Crippen MR) is 68.7 cm³/mol. The summed E-state index contributed by atoms with van der Waals surface area (Å²) >= 11 is 0. The molecule has 1 aliphatic carbocycles. The Morgan fingerprint density at radius 3 is 2.68 bits per heavy atom. The molecule has 2 aliphatic rings. The predicted octanol–water partition coefficient (Wildman–Crippen LogP) is 1.20. The van der Waals surface area contributed by atoms with Crippen molar-refractivity contribution >= 4 is 17.6 Å². The zero-order valence-corrected chi connectivity index (χ0v) is 10.8. The van der Waals surface area contributed by atoms with Crippen LogP contribution in [0.3, 0.4) is 0 Å². The van der Waals surface area contributed by atoms with Gasteiger partial charge in [0.2, 0.25) is 11.8 Å². The third-order valence-electron chi connectivity index (χ3n) is 4.38. The second kappa shape index (κ2) is 4.36. The summed E-state index contributed by atoms with van der Waals surface area (Å²) in [6.45, 7) is 0.238. The molecule has 1 aromatic heterocycles. The second-order valence-electron chi connectivity index (χ2n) is 5.61. The van der Waals surface area contributed by atoms with Crippen LogP contribution in [0.1, 0.15) is 44.1 Å². The van der Waals surface area contributed by atoms with Crippen LogP contribution >= 0.6 is 0 Å². The zero-order chi connectivity index (χ0) is 13.5. The molecule has 0 bridgehead atoms. The highest BCUT2D eigenvalue weighted by molar-refractivity contribution is 6.05. The molecule has 2 amide bonds. The molecule has 1 aliphatic heterocycles. The summed E-state index contributed by atoms with van der Waals surface area (Å²) in [7, 11) is 0. The minimum absolute atomic E-state index is 0.0159. The Labute approximate surface area is 111 Å². The standard InChI is InChI=1S/C13H18N4O2/c14-11-9(7-15-16-11)8-17-10(18)6-13(12(17)19)4-2-1-3-5-13/h7H,1-6,8H2,(H3,14,15,16). The molecule has 1 saturated heterocycles. The minimum Gasteiger partial charge on any atom is -0.384 e.